The fourth-order valence-electron chi connectivity index (χ4n) is 2.14. The third-order valence-corrected chi connectivity index (χ3v) is 4.57. The van der Waals surface area contributed by atoms with E-state index in [0.717, 1.165) is 0 Å². The van der Waals surface area contributed by atoms with Gasteiger partial charge in [0.1, 0.15) is 10.6 Å². The number of halogens is 1. The molecule has 6 nitrogen and oxygen atoms in total. The summed E-state index contributed by atoms with van der Waals surface area (Å²) in [7, 11) is 0. The summed E-state index contributed by atoms with van der Waals surface area (Å²) in [6.45, 7) is 3.10. The third-order valence-electron chi connectivity index (χ3n) is 3.34. The van der Waals surface area contributed by atoms with Crippen LogP contribution in [-0.2, 0) is 19.1 Å². The molecule has 0 aliphatic rings. The summed E-state index contributed by atoms with van der Waals surface area (Å²) < 4.78 is 9.91. The minimum atomic E-state index is -0.565. The van der Waals surface area contributed by atoms with Gasteiger partial charge in [0.2, 0.25) is 0 Å². The van der Waals surface area contributed by atoms with E-state index in [0.29, 0.717) is 21.2 Å². The van der Waals surface area contributed by atoms with E-state index in [-0.39, 0.29) is 18.6 Å². The molecular weight excluding hydrogens is 378 g/mol. The summed E-state index contributed by atoms with van der Waals surface area (Å²) >= 11 is 7.41. The highest BCUT2D eigenvalue weighted by Crippen LogP contribution is 2.39. The monoisotopic (exact) mass is 395 g/mol. The van der Waals surface area contributed by atoms with Gasteiger partial charge in [0.15, 0.2) is 6.61 Å². The van der Waals surface area contributed by atoms with Gasteiger partial charge < -0.3 is 14.8 Å². The second kappa shape index (κ2) is 9.35. The number of carbonyl (C=O) groups excluding carboxylic acids is 3. The molecule has 0 unspecified atom stereocenters. The average Bonchev–Trinajstić information content (AvgIpc) is 3.03. The van der Waals surface area contributed by atoms with E-state index in [1.807, 2.05) is 0 Å². The maximum absolute atomic E-state index is 12.4. The minimum absolute atomic E-state index is 0.178. The quantitative estimate of drug-likeness (QED) is 0.712. The molecule has 1 N–H and O–H groups in total. The lowest BCUT2D eigenvalue weighted by Gasteiger charge is -2.09. The largest absolute Gasteiger partial charge is 0.462 e. The number of anilines is 1. The van der Waals surface area contributed by atoms with Gasteiger partial charge in [0, 0.05) is 28.0 Å². The molecule has 1 aromatic carbocycles. The highest BCUT2D eigenvalue weighted by Gasteiger charge is 2.24. The van der Waals surface area contributed by atoms with E-state index in [1.54, 1.807) is 43.5 Å². The fraction of sp³-hybridized carbons (Fsp3) is 0.278. The number of nitrogens with one attached hydrogen (secondary N) is 1. The molecule has 8 heteroatoms. The molecule has 26 heavy (non-hydrogen) atoms. The van der Waals surface area contributed by atoms with Gasteiger partial charge in [-0.05, 0) is 13.0 Å². The lowest BCUT2D eigenvalue weighted by Crippen LogP contribution is -2.21. The van der Waals surface area contributed by atoms with Gasteiger partial charge in [-0.25, -0.2) is 4.79 Å². The molecule has 0 saturated heterocycles. The Labute approximate surface area is 160 Å². The highest BCUT2D eigenvalue weighted by molar-refractivity contribution is 7.15. The molecule has 0 fully saturated rings. The molecule has 0 saturated carbocycles. The van der Waals surface area contributed by atoms with Gasteiger partial charge in [0.25, 0.3) is 5.91 Å². The first kappa shape index (κ1) is 19.9. The van der Waals surface area contributed by atoms with Crippen LogP contribution >= 0.6 is 22.9 Å². The van der Waals surface area contributed by atoms with Crippen molar-refractivity contribution in [1.29, 1.82) is 0 Å². The summed E-state index contributed by atoms with van der Waals surface area (Å²) in [5.74, 6) is -1.58. The number of ether oxygens (including phenoxy) is 2. The number of amides is 1. The van der Waals surface area contributed by atoms with Crippen molar-refractivity contribution >= 4 is 45.8 Å². The Bertz CT molecular complexity index is 818. The third kappa shape index (κ3) is 4.83. The summed E-state index contributed by atoms with van der Waals surface area (Å²) in [5.41, 5.74) is 1.45. The van der Waals surface area contributed by atoms with Gasteiger partial charge in [-0.3, -0.25) is 9.59 Å². The number of hydrogen-bond acceptors (Lipinski definition) is 6. The van der Waals surface area contributed by atoms with Gasteiger partial charge in [-0.15, -0.1) is 11.3 Å². The Morgan fingerprint density at radius 2 is 1.85 bits per heavy atom. The molecule has 1 aromatic heterocycles. The van der Waals surface area contributed by atoms with Crippen LogP contribution in [0.3, 0.4) is 0 Å². The summed E-state index contributed by atoms with van der Waals surface area (Å²) in [4.78, 5) is 35.6. The molecule has 2 aromatic rings. The molecule has 0 aliphatic carbocycles. The highest BCUT2D eigenvalue weighted by atomic mass is 35.5. The molecule has 138 valence electrons. The summed E-state index contributed by atoms with van der Waals surface area (Å²) in [6, 6.07) is 7.08. The van der Waals surface area contributed by atoms with Crippen molar-refractivity contribution < 1.29 is 23.9 Å². The fourth-order valence-corrected chi connectivity index (χ4v) is 3.35. The predicted molar refractivity (Wildman–Crippen MR) is 101 cm³/mol. The standard InChI is InChI=1S/C18H18ClNO5S/c1-3-15(22)25-9-14(21)20-17-16(18(23)24-4-2)12(10-26-17)11-7-5-6-8-13(11)19/h5-8,10H,3-4,9H2,1-2H3,(H,20,21). The van der Waals surface area contributed by atoms with Crippen LogP contribution in [-0.4, -0.2) is 31.1 Å². The Morgan fingerprint density at radius 1 is 1.12 bits per heavy atom. The SMILES string of the molecule is CCOC(=O)c1c(-c2ccccc2Cl)csc1NC(=O)COC(=O)CC. The van der Waals surface area contributed by atoms with Crippen LogP contribution < -0.4 is 5.32 Å². The van der Waals surface area contributed by atoms with Crippen LogP contribution in [0.2, 0.25) is 5.02 Å². The molecule has 0 bridgehead atoms. The average molecular weight is 396 g/mol. The van der Waals surface area contributed by atoms with Gasteiger partial charge in [-0.2, -0.15) is 0 Å². The summed E-state index contributed by atoms with van der Waals surface area (Å²) in [6.07, 6.45) is 0.178. The van der Waals surface area contributed by atoms with Crippen molar-refractivity contribution in [3.05, 3.63) is 40.2 Å². The first-order chi connectivity index (χ1) is 12.5. The first-order valence-electron chi connectivity index (χ1n) is 7.96. The predicted octanol–water partition coefficient (Wildman–Crippen LogP) is 4.14. The second-order valence-electron chi connectivity index (χ2n) is 5.12. The van der Waals surface area contributed by atoms with Crippen molar-refractivity contribution in [3.8, 4) is 11.1 Å². The van der Waals surface area contributed by atoms with E-state index in [4.69, 9.17) is 21.1 Å². The van der Waals surface area contributed by atoms with E-state index >= 15 is 0 Å². The number of rotatable bonds is 7. The second-order valence-corrected chi connectivity index (χ2v) is 6.40. The number of carbonyl (C=O) groups is 3. The molecule has 1 heterocycles. The Morgan fingerprint density at radius 3 is 2.50 bits per heavy atom. The van der Waals surface area contributed by atoms with Gasteiger partial charge >= 0.3 is 11.9 Å². The number of hydrogen-bond donors (Lipinski definition) is 1. The minimum Gasteiger partial charge on any atom is -0.462 e. The molecule has 1 amide bonds. The molecular formula is C18H18ClNO5S. The molecule has 2 rings (SSSR count). The zero-order valence-corrected chi connectivity index (χ0v) is 15.9. The Kier molecular flexibility index (Phi) is 7.17. The van der Waals surface area contributed by atoms with Gasteiger partial charge in [-0.1, -0.05) is 36.7 Å². The lowest BCUT2D eigenvalue weighted by atomic mass is 10.0. The van der Waals surface area contributed by atoms with Crippen molar-refractivity contribution in [1.82, 2.24) is 0 Å². The zero-order chi connectivity index (χ0) is 19.1. The number of benzene rings is 1. The molecule has 0 aliphatic heterocycles. The van der Waals surface area contributed by atoms with Crippen LogP contribution in [0.4, 0.5) is 5.00 Å². The maximum Gasteiger partial charge on any atom is 0.341 e. The van der Waals surface area contributed by atoms with Crippen molar-refractivity contribution in [2.75, 3.05) is 18.5 Å². The first-order valence-corrected chi connectivity index (χ1v) is 9.22. The summed E-state index contributed by atoms with van der Waals surface area (Å²) in [5, 5.41) is 5.11. The van der Waals surface area contributed by atoms with Crippen LogP contribution in [0, 0.1) is 0 Å². The van der Waals surface area contributed by atoms with Gasteiger partial charge in [0.05, 0.1) is 6.61 Å². The van der Waals surface area contributed by atoms with Crippen LogP contribution in [0.15, 0.2) is 29.6 Å². The smallest absolute Gasteiger partial charge is 0.341 e. The Balaban J connectivity index is 2.32. The molecule has 0 spiro atoms. The van der Waals surface area contributed by atoms with E-state index in [2.05, 4.69) is 5.32 Å². The molecule has 0 atom stereocenters. The zero-order valence-electron chi connectivity index (χ0n) is 14.3. The Hall–Kier alpha value is -2.38. The maximum atomic E-state index is 12.4. The molecule has 0 radical (unpaired) electrons. The normalized spacial score (nSPS) is 10.3. The van der Waals surface area contributed by atoms with Crippen LogP contribution in [0.25, 0.3) is 11.1 Å². The van der Waals surface area contributed by atoms with Crippen molar-refractivity contribution in [2.24, 2.45) is 0 Å². The van der Waals surface area contributed by atoms with E-state index in [1.165, 1.54) is 11.3 Å². The lowest BCUT2D eigenvalue weighted by molar-refractivity contribution is -0.146. The van der Waals surface area contributed by atoms with Crippen molar-refractivity contribution in [2.45, 2.75) is 20.3 Å². The van der Waals surface area contributed by atoms with Crippen LogP contribution in [0.1, 0.15) is 30.6 Å². The van der Waals surface area contributed by atoms with E-state index in [9.17, 15) is 14.4 Å². The topological polar surface area (TPSA) is 81.7 Å². The van der Waals surface area contributed by atoms with Crippen molar-refractivity contribution in [3.63, 3.8) is 0 Å². The number of thiophene rings is 1. The van der Waals surface area contributed by atoms with Crippen LogP contribution in [0.5, 0.6) is 0 Å². The number of esters is 2. The van der Waals surface area contributed by atoms with E-state index < -0.39 is 24.5 Å².